The molecule has 0 radical (unpaired) electrons. The molecule has 1 heterocycles. The molecule has 0 bridgehead atoms. The monoisotopic (exact) mass is 313 g/mol. The van der Waals surface area contributed by atoms with Crippen molar-refractivity contribution < 1.29 is 9.47 Å². The Bertz CT molecular complexity index is 292. The Labute approximate surface area is 136 Å². The maximum atomic E-state index is 5.43. The van der Waals surface area contributed by atoms with Gasteiger partial charge in [0.15, 0.2) is 5.96 Å². The predicted molar refractivity (Wildman–Crippen MR) is 92.5 cm³/mol. The van der Waals surface area contributed by atoms with E-state index < -0.39 is 0 Å². The normalized spacial score (nSPS) is 16.8. The van der Waals surface area contributed by atoms with Crippen molar-refractivity contribution in [3.05, 3.63) is 0 Å². The van der Waals surface area contributed by atoms with Crippen LogP contribution in [0.4, 0.5) is 0 Å². The number of unbranched alkanes of at least 4 members (excludes halogenated alkanes) is 1. The van der Waals surface area contributed by atoms with Crippen LogP contribution in [0.3, 0.4) is 0 Å². The average molecular weight is 313 g/mol. The molecule has 1 aliphatic rings. The maximum absolute atomic E-state index is 5.43. The first kappa shape index (κ1) is 19.2. The highest BCUT2D eigenvalue weighted by Crippen LogP contribution is 2.18. The number of rotatable bonds is 10. The van der Waals surface area contributed by atoms with Gasteiger partial charge in [0.25, 0.3) is 0 Å². The molecular formula is C17H35N3O2. The van der Waals surface area contributed by atoms with Crippen LogP contribution >= 0.6 is 0 Å². The van der Waals surface area contributed by atoms with Gasteiger partial charge in [0.05, 0.1) is 0 Å². The lowest BCUT2D eigenvalue weighted by molar-refractivity contribution is 0.0625. The Morgan fingerprint density at radius 2 is 2.05 bits per heavy atom. The lowest BCUT2D eigenvalue weighted by Crippen LogP contribution is -2.40. The molecule has 5 nitrogen and oxygen atoms in total. The Hall–Kier alpha value is -0.810. The van der Waals surface area contributed by atoms with Crippen molar-refractivity contribution in [1.82, 2.24) is 10.2 Å². The molecule has 130 valence electrons. The van der Waals surface area contributed by atoms with Crippen LogP contribution in [-0.2, 0) is 9.47 Å². The highest BCUT2D eigenvalue weighted by molar-refractivity contribution is 5.79. The second-order valence-electron chi connectivity index (χ2n) is 5.91. The summed E-state index contributed by atoms with van der Waals surface area (Å²) in [6.45, 7) is 10.5. The van der Waals surface area contributed by atoms with Crippen LogP contribution in [0.15, 0.2) is 4.99 Å². The topological polar surface area (TPSA) is 46.1 Å². The molecule has 5 heteroatoms. The van der Waals surface area contributed by atoms with Crippen molar-refractivity contribution >= 4 is 5.96 Å². The first-order valence-corrected chi connectivity index (χ1v) is 8.92. The Balaban J connectivity index is 2.26. The summed E-state index contributed by atoms with van der Waals surface area (Å²) in [5.41, 5.74) is 0. The Morgan fingerprint density at radius 1 is 1.27 bits per heavy atom. The standard InChI is InChI=1S/C17H35N3O2/c1-4-18-17(19-11-6-7-13-21-5-2)20(3)12-8-16-9-14-22-15-10-16/h16H,4-15H2,1-3H3,(H,18,19). The van der Waals surface area contributed by atoms with Crippen molar-refractivity contribution in [3.63, 3.8) is 0 Å². The zero-order chi connectivity index (χ0) is 16.0. The molecule has 0 atom stereocenters. The van der Waals surface area contributed by atoms with Crippen LogP contribution in [-0.4, -0.2) is 64.0 Å². The molecule has 1 N–H and O–H groups in total. The van der Waals surface area contributed by atoms with E-state index in [1.807, 2.05) is 6.92 Å². The summed E-state index contributed by atoms with van der Waals surface area (Å²) in [5.74, 6) is 1.84. The van der Waals surface area contributed by atoms with E-state index in [-0.39, 0.29) is 0 Å². The molecule has 0 aromatic rings. The molecule has 22 heavy (non-hydrogen) atoms. The van der Waals surface area contributed by atoms with Crippen LogP contribution < -0.4 is 5.32 Å². The van der Waals surface area contributed by atoms with E-state index in [1.54, 1.807) is 0 Å². The summed E-state index contributed by atoms with van der Waals surface area (Å²) in [4.78, 5) is 6.99. The minimum atomic E-state index is 0.806. The van der Waals surface area contributed by atoms with Crippen molar-refractivity contribution in [3.8, 4) is 0 Å². The average Bonchev–Trinajstić information content (AvgIpc) is 2.55. The van der Waals surface area contributed by atoms with Crippen LogP contribution in [0.2, 0.25) is 0 Å². The second kappa shape index (κ2) is 12.7. The van der Waals surface area contributed by atoms with E-state index >= 15 is 0 Å². The van der Waals surface area contributed by atoms with Gasteiger partial charge in [0.2, 0.25) is 0 Å². The van der Waals surface area contributed by atoms with Crippen LogP contribution in [0.1, 0.15) is 46.0 Å². The fourth-order valence-electron chi connectivity index (χ4n) is 2.63. The van der Waals surface area contributed by atoms with Gasteiger partial charge in [-0.15, -0.1) is 0 Å². The van der Waals surface area contributed by atoms with Gasteiger partial charge in [0.1, 0.15) is 0 Å². The third-order valence-corrected chi connectivity index (χ3v) is 4.07. The van der Waals surface area contributed by atoms with E-state index in [2.05, 4.69) is 24.2 Å². The first-order chi connectivity index (χ1) is 10.8. The summed E-state index contributed by atoms with van der Waals surface area (Å²) in [5, 5.41) is 3.39. The number of hydrogen-bond donors (Lipinski definition) is 1. The maximum Gasteiger partial charge on any atom is 0.193 e. The van der Waals surface area contributed by atoms with Crippen molar-refractivity contribution in [2.45, 2.75) is 46.0 Å². The van der Waals surface area contributed by atoms with Crippen molar-refractivity contribution in [1.29, 1.82) is 0 Å². The molecule has 1 rings (SSSR count). The molecule has 0 spiro atoms. The molecule has 0 aromatic heterocycles. The molecule has 0 saturated carbocycles. The first-order valence-electron chi connectivity index (χ1n) is 8.92. The fourth-order valence-corrected chi connectivity index (χ4v) is 2.63. The van der Waals surface area contributed by atoms with E-state index in [9.17, 15) is 0 Å². The summed E-state index contributed by atoms with van der Waals surface area (Å²) in [6.07, 6.45) is 5.82. The van der Waals surface area contributed by atoms with E-state index in [1.165, 1.54) is 19.3 Å². The predicted octanol–water partition coefficient (Wildman–Crippen LogP) is 2.52. The minimum absolute atomic E-state index is 0.806. The Morgan fingerprint density at radius 3 is 2.73 bits per heavy atom. The molecule has 1 fully saturated rings. The molecule has 1 saturated heterocycles. The minimum Gasteiger partial charge on any atom is -0.382 e. The summed E-state index contributed by atoms with van der Waals surface area (Å²) >= 11 is 0. The van der Waals surface area contributed by atoms with Gasteiger partial charge < -0.3 is 19.7 Å². The van der Waals surface area contributed by atoms with Gasteiger partial charge >= 0.3 is 0 Å². The van der Waals surface area contributed by atoms with Crippen LogP contribution in [0.25, 0.3) is 0 Å². The lowest BCUT2D eigenvalue weighted by atomic mass is 9.96. The number of nitrogens with zero attached hydrogens (tertiary/aromatic N) is 2. The smallest absolute Gasteiger partial charge is 0.193 e. The quantitative estimate of drug-likeness (QED) is 0.382. The molecule has 0 aromatic carbocycles. The molecule has 0 amide bonds. The third kappa shape index (κ3) is 8.59. The largest absolute Gasteiger partial charge is 0.382 e. The number of ether oxygens (including phenoxy) is 2. The highest BCUT2D eigenvalue weighted by Gasteiger charge is 2.15. The van der Waals surface area contributed by atoms with Crippen molar-refractivity contribution in [2.24, 2.45) is 10.9 Å². The van der Waals surface area contributed by atoms with Gasteiger partial charge in [-0.05, 0) is 51.9 Å². The summed E-state index contributed by atoms with van der Waals surface area (Å²) in [6, 6.07) is 0. The number of hydrogen-bond acceptors (Lipinski definition) is 3. The zero-order valence-corrected chi connectivity index (χ0v) is 14.8. The number of aliphatic imine (C=N–C) groups is 1. The third-order valence-electron chi connectivity index (χ3n) is 4.07. The van der Waals surface area contributed by atoms with Crippen LogP contribution in [0.5, 0.6) is 0 Å². The lowest BCUT2D eigenvalue weighted by Gasteiger charge is -2.26. The molecule has 1 aliphatic heterocycles. The van der Waals surface area contributed by atoms with Crippen molar-refractivity contribution in [2.75, 3.05) is 53.1 Å². The highest BCUT2D eigenvalue weighted by atomic mass is 16.5. The van der Waals surface area contributed by atoms with E-state index in [0.717, 1.165) is 70.8 Å². The molecule has 0 unspecified atom stereocenters. The SMILES string of the molecule is CCNC(=NCCCCOCC)N(C)CCC1CCOCC1. The zero-order valence-electron chi connectivity index (χ0n) is 14.8. The second-order valence-corrected chi connectivity index (χ2v) is 5.91. The van der Waals surface area contributed by atoms with Gasteiger partial charge in [0, 0.05) is 53.1 Å². The molecular weight excluding hydrogens is 278 g/mol. The summed E-state index contributed by atoms with van der Waals surface area (Å²) in [7, 11) is 2.14. The summed E-state index contributed by atoms with van der Waals surface area (Å²) < 4.78 is 10.8. The Kier molecular flexibility index (Phi) is 11.1. The number of guanidine groups is 1. The van der Waals surface area contributed by atoms with Gasteiger partial charge in [-0.3, -0.25) is 4.99 Å². The van der Waals surface area contributed by atoms with Gasteiger partial charge in [-0.2, -0.15) is 0 Å². The fraction of sp³-hybridized carbons (Fsp3) is 0.941. The van der Waals surface area contributed by atoms with E-state index in [4.69, 9.17) is 14.5 Å². The van der Waals surface area contributed by atoms with E-state index in [0.29, 0.717) is 0 Å². The number of nitrogens with one attached hydrogen (secondary N) is 1. The molecule has 0 aliphatic carbocycles. The van der Waals surface area contributed by atoms with Crippen LogP contribution in [0, 0.1) is 5.92 Å². The van der Waals surface area contributed by atoms with Gasteiger partial charge in [-0.25, -0.2) is 0 Å². The van der Waals surface area contributed by atoms with Gasteiger partial charge in [-0.1, -0.05) is 0 Å².